The zero-order chi connectivity index (χ0) is 34.3. The van der Waals surface area contributed by atoms with Crippen molar-refractivity contribution in [3.05, 3.63) is 72.0 Å². The van der Waals surface area contributed by atoms with Gasteiger partial charge in [0.15, 0.2) is 5.75 Å². The Bertz CT molecular complexity index is 1970. The lowest BCUT2D eigenvalue weighted by Crippen LogP contribution is -2.37. The minimum Gasteiger partial charge on any atom is -0.485 e. The molecule has 14 nitrogen and oxygen atoms in total. The number of hydroxylamine groups is 1. The Morgan fingerprint density at radius 3 is 2.18 bits per heavy atom. The van der Waals surface area contributed by atoms with Crippen LogP contribution in [0.1, 0.15) is 31.5 Å². The summed E-state index contributed by atoms with van der Waals surface area (Å²) >= 11 is 0. The number of carbonyl (C=O) groups is 5. The van der Waals surface area contributed by atoms with Crippen molar-refractivity contribution in [1.29, 1.82) is 0 Å². The summed E-state index contributed by atoms with van der Waals surface area (Å²) in [6, 6.07) is 12.2. The topological polar surface area (TPSA) is 154 Å². The fourth-order valence-electron chi connectivity index (χ4n) is 6.29. The number of ether oxygens (including phenoxy) is 4. The number of hydrogen-bond acceptors (Lipinski definition) is 13. The fraction of sp³-hybridized carbons (Fsp3) is 0.314. The van der Waals surface area contributed by atoms with Crippen molar-refractivity contribution in [3.63, 3.8) is 0 Å². The summed E-state index contributed by atoms with van der Waals surface area (Å²) in [5, 5.41) is 1.75. The van der Waals surface area contributed by atoms with Crippen LogP contribution in [0.3, 0.4) is 0 Å². The van der Waals surface area contributed by atoms with Crippen LogP contribution >= 0.6 is 0 Å². The summed E-state index contributed by atoms with van der Waals surface area (Å²) in [7, 11) is 0. The van der Waals surface area contributed by atoms with Crippen LogP contribution in [-0.4, -0.2) is 83.9 Å². The van der Waals surface area contributed by atoms with E-state index in [9.17, 15) is 24.0 Å². The van der Waals surface area contributed by atoms with E-state index in [4.69, 9.17) is 28.8 Å². The van der Waals surface area contributed by atoms with E-state index in [1.807, 2.05) is 24.3 Å². The largest absolute Gasteiger partial charge is 0.485 e. The standard InChI is InChI=1S/C35H32N4O10/c1-35(2)28-29-31-33(48-26(42)11-10-25(41)47-31)32(30(28)46-24(40)12-13-27(43)49-39(29)34(35)44)45-19-18-37-14-5-15-38(17-16-37)20-22-9-8-21-6-3-4-7-23(21)36-22/h3-4,6-13H,5,14-20H2,1-2H3/b11-10-,13-12-. The molecule has 0 unspecified atom stereocenters. The van der Waals surface area contributed by atoms with Gasteiger partial charge in [0.1, 0.15) is 12.3 Å². The highest BCUT2D eigenvalue weighted by molar-refractivity contribution is 6.13. The molecule has 2 aromatic carbocycles. The van der Waals surface area contributed by atoms with Crippen molar-refractivity contribution < 1.29 is 47.8 Å². The first-order chi connectivity index (χ1) is 23.6. The quantitative estimate of drug-likeness (QED) is 0.280. The van der Waals surface area contributed by atoms with Crippen molar-refractivity contribution in [2.24, 2.45) is 0 Å². The molecule has 3 aromatic rings. The highest BCUT2D eigenvalue weighted by atomic mass is 16.7. The summed E-state index contributed by atoms with van der Waals surface area (Å²) < 4.78 is 23.0. The summed E-state index contributed by atoms with van der Waals surface area (Å²) in [6.45, 7) is 7.47. The molecule has 1 aromatic heterocycles. The SMILES string of the molecule is CC1(C)C(=O)N2OC(=O)/C=C\C(=O)Oc3c(OCCN4CCCN(Cc5ccc6ccccc6n5)CC4)c4c(c2c31)OC(=O)/C=C\C(=O)O4. The van der Waals surface area contributed by atoms with Crippen molar-refractivity contribution >= 4 is 46.4 Å². The number of aromatic nitrogens is 1. The number of benzene rings is 2. The second kappa shape index (κ2) is 12.8. The van der Waals surface area contributed by atoms with Crippen molar-refractivity contribution in [2.45, 2.75) is 32.2 Å². The van der Waals surface area contributed by atoms with Gasteiger partial charge in [0.05, 0.1) is 16.6 Å². The van der Waals surface area contributed by atoms with Crippen LogP contribution in [-0.2, 0) is 40.8 Å². The number of esters is 3. The van der Waals surface area contributed by atoms with Gasteiger partial charge in [-0.05, 0) is 45.5 Å². The van der Waals surface area contributed by atoms with Gasteiger partial charge in [-0.1, -0.05) is 24.3 Å². The number of para-hydroxylation sites is 1. The summed E-state index contributed by atoms with van der Waals surface area (Å²) in [6.07, 6.45) is 4.26. The van der Waals surface area contributed by atoms with E-state index < -0.39 is 46.7 Å². The first-order valence-corrected chi connectivity index (χ1v) is 15.8. The van der Waals surface area contributed by atoms with Gasteiger partial charge in [-0.25, -0.2) is 19.2 Å². The summed E-state index contributed by atoms with van der Waals surface area (Å²) in [5.74, 6) is -5.95. The van der Waals surface area contributed by atoms with E-state index in [-0.39, 0.29) is 29.4 Å². The molecule has 0 saturated carbocycles. The zero-order valence-electron chi connectivity index (χ0n) is 26.8. The third-order valence-corrected chi connectivity index (χ3v) is 8.72. The van der Waals surface area contributed by atoms with Crippen LogP contribution in [0.2, 0.25) is 0 Å². The molecule has 5 heterocycles. The first kappa shape index (κ1) is 32.0. The monoisotopic (exact) mass is 668 g/mol. The molecule has 0 spiro atoms. The first-order valence-electron chi connectivity index (χ1n) is 15.8. The van der Waals surface area contributed by atoms with E-state index in [1.54, 1.807) is 0 Å². The molecule has 4 bridgehead atoms. The Morgan fingerprint density at radius 2 is 1.41 bits per heavy atom. The van der Waals surface area contributed by atoms with Crippen molar-refractivity contribution in [1.82, 2.24) is 14.8 Å². The number of nitrogens with zero attached hydrogens (tertiary/aromatic N) is 4. The number of amides is 1. The minimum absolute atomic E-state index is 0.0452. The number of rotatable bonds is 6. The van der Waals surface area contributed by atoms with Gasteiger partial charge in [-0.15, -0.1) is 5.06 Å². The third kappa shape index (κ3) is 6.23. The van der Waals surface area contributed by atoms with Gasteiger partial charge < -0.3 is 23.8 Å². The van der Waals surface area contributed by atoms with Crippen LogP contribution in [0, 0.1) is 0 Å². The highest BCUT2D eigenvalue weighted by Crippen LogP contribution is 2.61. The van der Waals surface area contributed by atoms with Gasteiger partial charge in [0.2, 0.25) is 17.2 Å². The number of carbonyl (C=O) groups excluding carboxylic acids is 5. The van der Waals surface area contributed by atoms with Crippen LogP contribution in [0.4, 0.5) is 5.69 Å². The molecule has 4 aliphatic rings. The maximum Gasteiger partial charge on any atom is 0.356 e. The predicted molar refractivity (Wildman–Crippen MR) is 172 cm³/mol. The fourth-order valence-corrected chi connectivity index (χ4v) is 6.29. The molecule has 49 heavy (non-hydrogen) atoms. The molecule has 1 saturated heterocycles. The van der Waals surface area contributed by atoms with Gasteiger partial charge in [0, 0.05) is 61.4 Å². The van der Waals surface area contributed by atoms with Gasteiger partial charge in [0.25, 0.3) is 5.91 Å². The number of fused-ring (bicyclic) bond motifs is 2. The molecule has 1 amide bonds. The smallest absolute Gasteiger partial charge is 0.356 e. The van der Waals surface area contributed by atoms with Crippen molar-refractivity contribution in [3.8, 4) is 23.0 Å². The van der Waals surface area contributed by atoms with E-state index in [0.29, 0.717) is 11.6 Å². The van der Waals surface area contributed by atoms with E-state index >= 15 is 0 Å². The number of hydrogen-bond donors (Lipinski definition) is 0. The Labute approximate surface area is 280 Å². The second-order valence-corrected chi connectivity index (χ2v) is 12.4. The van der Waals surface area contributed by atoms with Gasteiger partial charge in [-0.3, -0.25) is 19.6 Å². The molecule has 14 heteroatoms. The maximum atomic E-state index is 13.6. The third-order valence-electron chi connectivity index (χ3n) is 8.72. The maximum absolute atomic E-state index is 13.6. The highest BCUT2D eigenvalue weighted by Gasteiger charge is 2.54. The summed E-state index contributed by atoms with van der Waals surface area (Å²) in [5.41, 5.74) is 0.313. The lowest BCUT2D eigenvalue weighted by molar-refractivity contribution is -0.146. The Balaban J connectivity index is 1.16. The lowest BCUT2D eigenvalue weighted by atomic mass is 9.85. The van der Waals surface area contributed by atoms with Gasteiger partial charge >= 0.3 is 23.9 Å². The Morgan fingerprint density at radius 1 is 0.755 bits per heavy atom. The van der Waals surface area contributed by atoms with Crippen LogP contribution in [0.25, 0.3) is 10.9 Å². The lowest BCUT2D eigenvalue weighted by Gasteiger charge is -2.26. The van der Waals surface area contributed by atoms with E-state index in [1.165, 1.54) is 13.8 Å². The Kier molecular flexibility index (Phi) is 8.34. The van der Waals surface area contributed by atoms with Crippen LogP contribution in [0.15, 0.2) is 60.7 Å². The molecule has 4 aliphatic heterocycles. The number of pyridine rings is 1. The molecule has 0 aliphatic carbocycles. The molecule has 7 rings (SSSR count). The molecule has 0 atom stereocenters. The normalized spacial score (nSPS) is 20.6. The molecular formula is C35H32N4O10. The molecule has 0 radical (unpaired) electrons. The predicted octanol–water partition coefficient (Wildman–Crippen LogP) is 2.76. The molecule has 252 valence electrons. The minimum atomic E-state index is -1.47. The average molecular weight is 669 g/mol. The van der Waals surface area contributed by atoms with E-state index in [0.717, 1.165) is 80.0 Å². The molecule has 1 fully saturated rings. The van der Waals surface area contributed by atoms with Crippen LogP contribution in [0.5, 0.6) is 23.0 Å². The number of anilines is 1. The molecule has 0 N–H and O–H groups in total. The van der Waals surface area contributed by atoms with Crippen LogP contribution < -0.4 is 24.0 Å². The zero-order valence-corrected chi connectivity index (χ0v) is 26.8. The Hall–Kier alpha value is -5.60. The van der Waals surface area contributed by atoms with Crippen molar-refractivity contribution in [2.75, 3.05) is 44.4 Å². The van der Waals surface area contributed by atoms with Gasteiger partial charge in [-0.2, -0.15) is 0 Å². The second-order valence-electron chi connectivity index (χ2n) is 12.4. The average Bonchev–Trinajstić information content (AvgIpc) is 3.19. The van der Waals surface area contributed by atoms with E-state index in [2.05, 4.69) is 21.9 Å². The molecular weight excluding hydrogens is 636 g/mol. The summed E-state index contributed by atoms with van der Waals surface area (Å²) in [4.78, 5) is 79.0.